The van der Waals surface area contributed by atoms with Gasteiger partial charge in [0.2, 0.25) is 0 Å². The zero-order valence-corrected chi connectivity index (χ0v) is 11.9. The minimum absolute atomic E-state index is 0. The lowest BCUT2D eigenvalue weighted by Crippen LogP contribution is 0.688. The molecular formula is H9BrCl8. The van der Waals surface area contributed by atoms with Crippen molar-refractivity contribution in [2.24, 2.45) is 0 Å². The second-order valence-corrected chi connectivity index (χ2v) is 0. The summed E-state index contributed by atoms with van der Waals surface area (Å²) in [5.41, 5.74) is 0. The van der Waals surface area contributed by atoms with Crippen LogP contribution in [0, 0.1) is 0 Å². The van der Waals surface area contributed by atoms with Gasteiger partial charge in [0.15, 0.2) is 0 Å². The van der Waals surface area contributed by atoms with Gasteiger partial charge in [0.1, 0.15) is 0 Å². The molecule has 0 unspecified atom stereocenters. The SMILES string of the molecule is Br.Cl.Cl.Cl.Cl.Cl.Cl.Cl.Cl. The molecule has 0 nitrogen and oxygen atoms in total. The first-order chi connectivity index (χ1) is 0. The van der Waals surface area contributed by atoms with Crippen molar-refractivity contribution in [3.05, 3.63) is 0 Å². The fourth-order valence-corrected chi connectivity index (χ4v) is 0. The van der Waals surface area contributed by atoms with Gasteiger partial charge in [0.05, 0.1) is 0 Å². The second kappa shape index (κ2) is 132. The monoisotopic (exact) mass is 368 g/mol. The summed E-state index contributed by atoms with van der Waals surface area (Å²) in [5.74, 6) is 0. The first kappa shape index (κ1) is 176. The molecule has 0 fully saturated rings. The molecule has 9 heavy (non-hydrogen) atoms. The topological polar surface area (TPSA) is 0 Å². The summed E-state index contributed by atoms with van der Waals surface area (Å²) >= 11 is 0. The number of hydrogen-bond donors (Lipinski definition) is 0. The summed E-state index contributed by atoms with van der Waals surface area (Å²) in [7, 11) is 0. The molecule has 0 atom stereocenters. The van der Waals surface area contributed by atoms with Crippen LogP contribution < -0.4 is 0 Å². The molecule has 0 aliphatic carbocycles. The van der Waals surface area contributed by atoms with Crippen LogP contribution in [0.25, 0.3) is 0 Å². The first-order valence-corrected chi connectivity index (χ1v) is 0. The number of hydrogen-bond acceptors (Lipinski definition) is 0. The van der Waals surface area contributed by atoms with Crippen LogP contribution in [-0.4, -0.2) is 0 Å². The van der Waals surface area contributed by atoms with Crippen LogP contribution in [0.5, 0.6) is 0 Å². The fourth-order valence-electron chi connectivity index (χ4n) is 0. The smallest absolute Gasteiger partial charge is 0.114 e. The number of halogens is 9. The summed E-state index contributed by atoms with van der Waals surface area (Å²) in [6.07, 6.45) is 0. The van der Waals surface area contributed by atoms with Gasteiger partial charge in [-0.15, -0.1) is 116 Å². The first-order valence-electron chi connectivity index (χ1n) is 0. The minimum atomic E-state index is 0. The van der Waals surface area contributed by atoms with Crippen molar-refractivity contribution in [3.8, 4) is 0 Å². The van der Waals surface area contributed by atoms with Gasteiger partial charge < -0.3 is 0 Å². The Morgan fingerprint density at radius 3 is 0.222 bits per heavy atom. The maximum absolute atomic E-state index is 0. The van der Waals surface area contributed by atoms with Gasteiger partial charge in [-0.05, 0) is 0 Å². The highest BCUT2D eigenvalue weighted by Gasteiger charge is -0.113. The molecule has 0 heterocycles. The molecule has 0 rings (SSSR count). The van der Waals surface area contributed by atoms with E-state index in [1.807, 2.05) is 0 Å². The van der Waals surface area contributed by atoms with Crippen molar-refractivity contribution in [1.82, 2.24) is 0 Å². The molecule has 9 heteroatoms. The molecule has 0 aromatic carbocycles. The van der Waals surface area contributed by atoms with Crippen LogP contribution in [0.3, 0.4) is 0 Å². The molecule has 0 spiro atoms. The molecule has 0 N–H and O–H groups in total. The quantitative estimate of drug-likeness (QED) is 0.604. The summed E-state index contributed by atoms with van der Waals surface area (Å²) < 4.78 is 0. The Kier molecular flexibility index (Phi) is 2580. The fraction of sp³-hybridized carbons (Fsp3) is 0. The second-order valence-electron chi connectivity index (χ2n) is 0. The van der Waals surface area contributed by atoms with Crippen LogP contribution in [0.15, 0.2) is 0 Å². The van der Waals surface area contributed by atoms with Crippen molar-refractivity contribution < 1.29 is 0 Å². The lowest BCUT2D eigenvalue weighted by molar-refractivity contribution is 5.85. The molecule has 0 aromatic rings. The largest absolute Gasteiger partial charge is 0.147 e. The van der Waals surface area contributed by atoms with Gasteiger partial charge in [-0.1, -0.05) is 0 Å². The minimum Gasteiger partial charge on any atom is -0.147 e. The Morgan fingerprint density at radius 2 is 0.222 bits per heavy atom. The van der Waals surface area contributed by atoms with E-state index in [1.54, 1.807) is 0 Å². The highest BCUT2D eigenvalue weighted by molar-refractivity contribution is 8.93. The van der Waals surface area contributed by atoms with Crippen molar-refractivity contribution in [1.29, 1.82) is 0 Å². The Labute approximate surface area is 115 Å². The van der Waals surface area contributed by atoms with Gasteiger partial charge in [0.25, 0.3) is 0 Å². The van der Waals surface area contributed by atoms with Crippen LogP contribution in [0.1, 0.15) is 0 Å². The van der Waals surface area contributed by atoms with Crippen molar-refractivity contribution in [3.63, 3.8) is 0 Å². The lowest BCUT2D eigenvalue weighted by atomic mass is 35.5. The third-order valence-electron chi connectivity index (χ3n) is 0. The molecule has 0 aliphatic rings. The van der Waals surface area contributed by atoms with E-state index in [0.717, 1.165) is 0 Å². The zero-order valence-electron chi connectivity index (χ0n) is 3.67. The third kappa shape index (κ3) is 107. The van der Waals surface area contributed by atoms with E-state index in [0.29, 0.717) is 0 Å². The predicted octanol–water partition coefficient (Wildman–Crippen LogP) is 3.95. The molecular weight excluding hydrogens is 364 g/mol. The van der Waals surface area contributed by atoms with E-state index >= 15 is 0 Å². The Hall–Kier alpha value is 2.80. The summed E-state index contributed by atoms with van der Waals surface area (Å²) in [6, 6.07) is 0. The molecule has 72 valence electrons. The summed E-state index contributed by atoms with van der Waals surface area (Å²) in [6.45, 7) is 0. The molecule has 0 amide bonds. The summed E-state index contributed by atoms with van der Waals surface area (Å²) in [5, 5.41) is 0. The van der Waals surface area contributed by atoms with Crippen molar-refractivity contribution >= 4 is 116 Å². The Bertz CT molecular complexity index is 4.53. The highest BCUT2D eigenvalue weighted by atomic mass is 79.9. The Balaban J connectivity index is 0. The average Bonchev–Trinajstić information content (AvgIpc) is 0. The lowest BCUT2D eigenvalue weighted by Gasteiger charge is -0.148. The van der Waals surface area contributed by atoms with E-state index < -0.39 is 0 Å². The van der Waals surface area contributed by atoms with Gasteiger partial charge in [-0.25, -0.2) is 0 Å². The molecule has 0 saturated heterocycles. The van der Waals surface area contributed by atoms with Gasteiger partial charge in [0, 0.05) is 0 Å². The maximum atomic E-state index is 0. The van der Waals surface area contributed by atoms with E-state index in [1.165, 1.54) is 0 Å². The normalized spacial score (nSPS) is 0. The molecule has 0 radical (unpaired) electrons. The van der Waals surface area contributed by atoms with Gasteiger partial charge in [-0.3, -0.25) is 0 Å². The molecule has 0 aliphatic heterocycles. The predicted molar refractivity (Wildman–Crippen MR) is 68.3 cm³/mol. The van der Waals surface area contributed by atoms with E-state index in [2.05, 4.69) is 0 Å². The zero-order chi connectivity index (χ0) is 0. The maximum Gasteiger partial charge on any atom is -0.114 e. The molecule has 0 bridgehead atoms. The third-order valence-corrected chi connectivity index (χ3v) is 0. The van der Waals surface area contributed by atoms with E-state index in [-0.39, 0.29) is 116 Å². The molecule has 0 aromatic heterocycles. The van der Waals surface area contributed by atoms with E-state index in [4.69, 9.17) is 0 Å². The molecule has 0 saturated carbocycles. The van der Waals surface area contributed by atoms with Crippen LogP contribution >= 0.6 is 116 Å². The van der Waals surface area contributed by atoms with Crippen LogP contribution in [0.4, 0.5) is 0 Å². The van der Waals surface area contributed by atoms with Crippen LogP contribution in [-0.2, 0) is 0 Å². The van der Waals surface area contributed by atoms with Crippen LogP contribution in [0.2, 0.25) is 0 Å². The van der Waals surface area contributed by atoms with Gasteiger partial charge in [-0.2, -0.15) is 0 Å². The van der Waals surface area contributed by atoms with E-state index in [9.17, 15) is 0 Å². The highest BCUT2D eigenvalue weighted by Crippen LogP contribution is 0.846. The van der Waals surface area contributed by atoms with Crippen molar-refractivity contribution in [2.75, 3.05) is 0 Å². The van der Waals surface area contributed by atoms with Gasteiger partial charge >= 0.3 is 0 Å². The average molecular weight is 373 g/mol. The number of rotatable bonds is 0. The van der Waals surface area contributed by atoms with Crippen molar-refractivity contribution in [2.45, 2.75) is 0 Å². The Morgan fingerprint density at radius 1 is 0.222 bits per heavy atom. The standard InChI is InChI=1S/BrH.8ClH/h9*1H. The summed E-state index contributed by atoms with van der Waals surface area (Å²) in [4.78, 5) is 0.